The number of rotatable bonds is 5. The number of imide groups is 1. The van der Waals surface area contributed by atoms with Crippen LogP contribution in [0.4, 0.5) is 5.69 Å². The summed E-state index contributed by atoms with van der Waals surface area (Å²) in [6.45, 7) is -0.0158. The maximum absolute atomic E-state index is 13.7. The van der Waals surface area contributed by atoms with Crippen LogP contribution < -0.4 is 21.1 Å². The molecule has 3 aliphatic heterocycles. The van der Waals surface area contributed by atoms with Crippen LogP contribution in [0.15, 0.2) is 42.5 Å². The monoisotopic (exact) mass is 468 g/mol. The van der Waals surface area contributed by atoms with Crippen LogP contribution >= 0.6 is 11.6 Å². The van der Waals surface area contributed by atoms with E-state index < -0.39 is 47.0 Å². The predicted octanol–water partition coefficient (Wildman–Crippen LogP) is 1.14. The second-order valence-electron chi connectivity index (χ2n) is 8.45. The lowest BCUT2D eigenvalue weighted by atomic mass is 9.76. The summed E-state index contributed by atoms with van der Waals surface area (Å²) in [7, 11) is 1.51. The second kappa shape index (κ2) is 7.57. The zero-order chi connectivity index (χ0) is 23.5. The third-order valence-electron chi connectivity index (χ3n) is 6.71. The van der Waals surface area contributed by atoms with Gasteiger partial charge in [0.25, 0.3) is 0 Å². The third kappa shape index (κ3) is 3.03. The molecule has 0 aromatic heterocycles. The van der Waals surface area contributed by atoms with Gasteiger partial charge in [-0.25, -0.2) is 0 Å². The van der Waals surface area contributed by atoms with Gasteiger partial charge in [-0.1, -0.05) is 29.8 Å². The Morgan fingerprint density at radius 2 is 1.94 bits per heavy atom. The molecule has 3 aliphatic rings. The molecule has 2 aromatic rings. The highest BCUT2D eigenvalue weighted by Crippen LogP contribution is 2.54. The minimum Gasteiger partial charge on any atom is -0.496 e. The van der Waals surface area contributed by atoms with E-state index in [2.05, 4.69) is 10.6 Å². The van der Waals surface area contributed by atoms with Crippen LogP contribution in [-0.2, 0) is 31.3 Å². The number of primary amides is 1. The fourth-order valence-corrected chi connectivity index (χ4v) is 5.56. The van der Waals surface area contributed by atoms with Crippen molar-refractivity contribution in [2.24, 2.45) is 17.6 Å². The van der Waals surface area contributed by atoms with Crippen molar-refractivity contribution in [3.63, 3.8) is 0 Å². The molecule has 0 bridgehead atoms. The fourth-order valence-electron chi connectivity index (χ4n) is 5.39. The number of ether oxygens (including phenoxy) is 1. The lowest BCUT2D eigenvalue weighted by Crippen LogP contribution is -2.53. The minimum absolute atomic E-state index is 0.0158. The topological polar surface area (TPSA) is 131 Å². The Balaban J connectivity index is 1.61. The van der Waals surface area contributed by atoms with E-state index in [0.717, 1.165) is 4.90 Å². The summed E-state index contributed by atoms with van der Waals surface area (Å²) in [5.74, 6) is -3.53. The first-order valence-electron chi connectivity index (χ1n) is 10.4. The summed E-state index contributed by atoms with van der Waals surface area (Å²) in [5.41, 5.74) is 5.53. The lowest BCUT2D eigenvalue weighted by Gasteiger charge is -2.29. The van der Waals surface area contributed by atoms with E-state index in [1.165, 1.54) is 7.11 Å². The van der Waals surface area contributed by atoms with Crippen LogP contribution in [0.5, 0.6) is 5.75 Å². The van der Waals surface area contributed by atoms with Crippen molar-refractivity contribution >= 4 is 40.9 Å². The summed E-state index contributed by atoms with van der Waals surface area (Å²) < 4.78 is 5.36. The van der Waals surface area contributed by atoms with Crippen LogP contribution in [0.25, 0.3) is 0 Å². The van der Waals surface area contributed by atoms with E-state index >= 15 is 0 Å². The van der Waals surface area contributed by atoms with Crippen molar-refractivity contribution in [3.05, 3.63) is 58.6 Å². The molecule has 1 spiro atoms. The Hall–Kier alpha value is -3.43. The third-order valence-corrected chi connectivity index (χ3v) is 6.95. The van der Waals surface area contributed by atoms with Crippen molar-refractivity contribution in [1.82, 2.24) is 10.2 Å². The number of carbonyl (C=O) groups excluding carboxylic acids is 4. The Morgan fingerprint density at radius 3 is 2.67 bits per heavy atom. The first-order valence-corrected chi connectivity index (χ1v) is 10.8. The Labute approximate surface area is 194 Å². The number of likely N-dealkylation sites (tertiary alicyclic amines) is 1. The van der Waals surface area contributed by atoms with Gasteiger partial charge in [-0.15, -0.1) is 0 Å². The number of anilines is 1. The number of benzene rings is 2. The van der Waals surface area contributed by atoms with Gasteiger partial charge in [0.05, 0.1) is 25.5 Å². The zero-order valence-electron chi connectivity index (χ0n) is 17.6. The second-order valence-corrected chi connectivity index (χ2v) is 8.89. The van der Waals surface area contributed by atoms with Gasteiger partial charge in [0.2, 0.25) is 23.6 Å². The normalized spacial score (nSPS) is 27.6. The first-order chi connectivity index (χ1) is 15.8. The van der Waals surface area contributed by atoms with Gasteiger partial charge in [-0.05, 0) is 24.3 Å². The van der Waals surface area contributed by atoms with Gasteiger partial charge >= 0.3 is 0 Å². The molecule has 0 saturated carbocycles. The molecule has 33 heavy (non-hydrogen) atoms. The van der Waals surface area contributed by atoms with Gasteiger partial charge in [-0.3, -0.25) is 29.4 Å². The quantitative estimate of drug-likeness (QED) is 0.564. The molecule has 9 nitrogen and oxygen atoms in total. The average Bonchev–Trinajstić information content (AvgIpc) is 3.34. The SMILES string of the molecule is COc1ccccc1CN1C(=O)[C@@H]2[C@@H](C1=O)[C@]1(N[C@@H]2CC(N)=O)C(=O)Nc2ccc(Cl)cc21. The number of amides is 4. The summed E-state index contributed by atoms with van der Waals surface area (Å²) in [6.07, 6.45) is -0.201. The van der Waals surface area contributed by atoms with E-state index in [9.17, 15) is 19.2 Å². The van der Waals surface area contributed by atoms with E-state index in [-0.39, 0.29) is 13.0 Å². The molecule has 2 aromatic carbocycles. The number of carbonyl (C=O) groups is 4. The van der Waals surface area contributed by atoms with Gasteiger partial charge < -0.3 is 15.8 Å². The molecule has 0 unspecified atom stereocenters. The van der Waals surface area contributed by atoms with Crippen molar-refractivity contribution in [2.45, 2.75) is 24.5 Å². The maximum Gasteiger partial charge on any atom is 0.250 e. The Kier molecular flexibility index (Phi) is 4.91. The van der Waals surface area contributed by atoms with Crippen LogP contribution in [0, 0.1) is 11.8 Å². The molecule has 170 valence electrons. The number of hydrogen-bond acceptors (Lipinski definition) is 6. The summed E-state index contributed by atoms with van der Waals surface area (Å²) in [4.78, 5) is 53.5. The molecule has 2 fully saturated rings. The van der Waals surface area contributed by atoms with Crippen LogP contribution in [0.2, 0.25) is 5.02 Å². The van der Waals surface area contributed by atoms with Crippen LogP contribution in [0.3, 0.4) is 0 Å². The molecule has 4 amide bonds. The van der Waals surface area contributed by atoms with Gasteiger partial charge in [-0.2, -0.15) is 0 Å². The van der Waals surface area contributed by atoms with Crippen molar-refractivity contribution < 1.29 is 23.9 Å². The Morgan fingerprint density at radius 1 is 1.18 bits per heavy atom. The number of methoxy groups -OCH3 is 1. The maximum atomic E-state index is 13.7. The molecule has 0 radical (unpaired) electrons. The molecular formula is C23H21ClN4O5. The number of nitrogens with two attached hydrogens (primary N) is 1. The average molecular weight is 469 g/mol. The summed E-state index contributed by atoms with van der Waals surface area (Å²) >= 11 is 6.21. The largest absolute Gasteiger partial charge is 0.496 e. The van der Waals surface area contributed by atoms with Gasteiger partial charge in [0, 0.05) is 34.3 Å². The Bertz CT molecular complexity index is 1220. The molecule has 4 atom stereocenters. The molecule has 2 saturated heterocycles. The van der Waals surface area contributed by atoms with Crippen LogP contribution in [0.1, 0.15) is 17.5 Å². The first kappa shape index (κ1) is 21.4. The minimum atomic E-state index is -1.53. The molecule has 0 aliphatic carbocycles. The van der Waals surface area contributed by atoms with E-state index in [1.807, 2.05) is 0 Å². The highest BCUT2D eigenvalue weighted by atomic mass is 35.5. The lowest BCUT2D eigenvalue weighted by molar-refractivity contribution is -0.143. The van der Waals surface area contributed by atoms with Crippen molar-refractivity contribution in [1.29, 1.82) is 0 Å². The number of nitrogens with zero attached hydrogens (tertiary/aromatic N) is 1. The smallest absolute Gasteiger partial charge is 0.250 e. The molecule has 3 heterocycles. The number of para-hydroxylation sites is 1. The number of halogens is 1. The van der Waals surface area contributed by atoms with Gasteiger partial charge in [0.1, 0.15) is 11.3 Å². The van der Waals surface area contributed by atoms with E-state index in [0.29, 0.717) is 27.6 Å². The number of hydrogen-bond donors (Lipinski definition) is 3. The standard InChI is InChI=1S/C23H21ClN4O5/c1-33-16-5-3-2-4-11(16)10-28-20(30)18-15(9-17(25)29)27-23(19(18)21(28)31)13-8-12(24)6-7-14(13)26-22(23)32/h2-8,15,18-19,27H,9-10H2,1H3,(H2,25,29)(H,26,32)/t15-,18+,19+,23+/m1/s1. The highest BCUT2D eigenvalue weighted by Gasteiger charge is 2.70. The summed E-state index contributed by atoms with van der Waals surface area (Å²) in [6, 6.07) is 11.2. The number of nitrogens with one attached hydrogen (secondary N) is 2. The zero-order valence-corrected chi connectivity index (χ0v) is 18.4. The van der Waals surface area contributed by atoms with Gasteiger partial charge in [0.15, 0.2) is 0 Å². The molecule has 10 heteroatoms. The van der Waals surface area contributed by atoms with E-state index in [1.54, 1.807) is 42.5 Å². The van der Waals surface area contributed by atoms with Crippen molar-refractivity contribution in [3.8, 4) is 5.75 Å². The predicted molar refractivity (Wildman–Crippen MR) is 118 cm³/mol. The van der Waals surface area contributed by atoms with Crippen LogP contribution in [-0.4, -0.2) is 41.7 Å². The molecule has 5 rings (SSSR count). The molecular weight excluding hydrogens is 448 g/mol. The summed E-state index contributed by atoms with van der Waals surface area (Å²) in [5, 5.41) is 6.30. The number of fused-ring (bicyclic) bond motifs is 4. The highest BCUT2D eigenvalue weighted by molar-refractivity contribution is 6.31. The van der Waals surface area contributed by atoms with E-state index in [4.69, 9.17) is 22.1 Å². The fraction of sp³-hybridized carbons (Fsp3) is 0.304. The van der Waals surface area contributed by atoms with Crippen molar-refractivity contribution in [2.75, 3.05) is 12.4 Å². The molecule has 4 N–H and O–H groups in total.